The van der Waals surface area contributed by atoms with Gasteiger partial charge in [-0.25, -0.2) is 8.42 Å². The molecular formula is C26H33N5O3S. The highest BCUT2D eigenvalue weighted by Crippen LogP contribution is 2.25. The van der Waals surface area contributed by atoms with E-state index >= 15 is 0 Å². The smallest absolute Gasteiger partial charge is 0.243 e. The van der Waals surface area contributed by atoms with Gasteiger partial charge in [0.15, 0.2) is 0 Å². The number of piperazine rings is 1. The Hall–Kier alpha value is -2.77. The van der Waals surface area contributed by atoms with Crippen LogP contribution in [-0.4, -0.2) is 81.3 Å². The van der Waals surface area contributed by atoms with E-state index in [4.69, 9.17) is 5.26 Å². The number of rotatable bonds is 7. The lowest BCUT2D eigenvalue weighted by Crippen LogP contribution is -2.49. The van der Waals surface area contributed by atoms with Gasteiger partial charge in [-0.2, -0.15) is 9.57 Å². The molecule has 2 fully saturated rings. The van der Waals surface area contributed by atoms with E-state index in [2.05, 4.69) is 22.2 Å². The molecule has 1 unspecified atom stereocenters. The normalized spacial score (nSPS) is 19.7. The van der Waals surface area contributed by atoms with E-state index in [1.165, 1.54) is 28.6 Å². The van der Waals surface area contributed by atoms with Crippen LogP contribution >= 0.6 is 0 Å². The summed E-state index contributed by atoms with van der Waals surface area (Å²) in [6.45, 7) is 5.34. The van der Waals surface area contributed by atoms with Crippen LogP contribution < -0.4 is 5.32 Å². The molecule has 2 aliphatic heterocycles. The summed E-state index contributed by atoms with van der Waals surface area (Å²) in [5.41, 5.74) is 1.50. The number of likely N-dealkylation sites (N-methyl/N-ethyl adjacent to an activating group) is 1. The molecule has 1 atom stereocenters. The van der Waals surface area contributed by atoms with Crippen LogP contribution in [0.1, 0.15) is 30.0 Å². The number of carbonyl (C=O) groups excluding carboxylic acids is 1. The topological polar surface area (TPSA) is 96.8 Å². The summed E-state index contributed by atoms with van der Waals surface area (Å²) in [6, 6.07) is 17.9. The van der Waals surface area contributed by atoms with Crippen molar-refractivity contribution in [1.82, 2.24) is 19.4 Å². The zero-order chi connectivity index (χ0) is 24.8. The van der Waals surface area contributed by atoms with Gasteiger partial charge >= 0.3 is 0 Å². The third-order valence-corrected chi connectivity index (χ3v) is 8.91. The van der Waals surface area contributed by atoms with Gasteiger partial charge in [0, 0.05) is 51.7 Å². The minimum Gasteiger partial charge on any atom is -0.348 e. The first-order valence-electron chi connectivity index (χ1n) is 12.1. The number of nitriles is 1. The Kier molecular flexibility index (Phi) is 8.19. The predicted molar refractivity (Wildman–Crippen MR) is 134 cm³/mol. The van der Waals surface area contributed by atoms with Crippen molar-refractivity contribution >= 4 is 15.9 Å². The van der Waals surface area contributed by atoms with Crippen LogP contribution in [0.2, 0.25) is 0 Å². The Morgan fingerprint density at radius 1 is 1.00 bits per heavy atom. The molecule has 0 aliphatic carbocycles. The van der Waals surface area contributed by atoms with Crippen molar-refractivity contribution in [3.05, 3.63) is 65.7 Å². The predicted octanol–water partition coefficient (Wildman–Crippen LogP) is 2.06. The summed E-state index contributed by atoms with van der Waals surface area (Å²) in [5, 5.41) is 12.2. The first-order valence-corrected chi connectivity index (χ1v) is 13.6. The van der Waals surface area contributed by atoms with Gasteiger partial charge in [0.2, 0.25) is 15.9 Å². The molecule has 8 nitrogen and oxygen atoms in total. The first-order chi connectivity index (χ1) is 16.9. The monoisotopic (exact) mass is 495 g/mol. The maximum atomic E-state index is 13.2. The Balaban J connectivity index is 1.37. The zero-order valence-electron chi connectivity index (χ0n) is 20.1. The molecule has 0 aromatic heterocycles. The molecule has 2 saturated heterocycles. The Bertz CT molecular complexity index is 1130. The molecule has 0 spiro atoms. The lowest BCUT2D eigenvalue weighted by molar-refractivity contribution is -0.127. The molecule has 0 bridgehead atoms. The molecule has 1 N–H and O–H groups in total. The maximum absolute atomic E-state index is 13.2. The minimum absolute atomic E-state index is 0.0107. The van der Waals surface area contributed by atoms with Crippen LogP contribution in [0.3, 0.4) is 0 Å². The number of benzene rings is 2. The van der Waals surface area contributed by atoms with Gasteiger partial charge in [-0.15, -0.1) is 0 Å². The molecule has 9 heteroatoms. The second kappa shape index (κ2) is 11.3. The number of carbonyl (C=O) groups is 1. The van der Waals surface area contributed by atoms with Crippen LogP contribution in [0.25, 0.3) is 0 Å². The number of piperidine rings is 1. The zero-order valence-corrected chi connectivity index (χ0v) is 21.0. The number of hydrogen-bond donors (Lipinski definition) is 1. The fourth-order valence-corrected chi connectivity index (χ4v) is 6.18. The highest BCUT2D eigenvalue weighted by atomic mass is 32.2. The standard InChI is InChI=1S/C26H33N5O3S/c1-29-15-17-30(18-16-29)20-25(22-5-3-2-4-6-22)28-26(32)23-11-13-31(14-12-23)35(33,34)24-9-7-21(19-27)8-10-24/h2-10,23,25H,11-18,20H2,1H3,(H,28,32). The number of amides is 1. The van der Waals surface area contributed by atoms with E-state index in [0.717, 1.165) is 38.3 Å². The Morgan fingerprint density at radius 3 is 2.23 bits per heavy atom. The molecule has 2 aliphatic rings. The highest BCUT2D eigenvalue weighted by molar-refractivity contribution is 7.89. The van der Waals surface area contributed by atoms with Gasteiger partial charge in [0.05, 0.1) is 22.6 Å². The van der Waals surface area contributed by atoms with Crippen LogP contribution in [0.15, 0.2) is 59.5 Å². The van der Waals surface area contributed by atoms with E-state index in [9.17, 15) is 13.2 Å². The average Bonchev–Trinajstić information content (AvgIpc) is 2.90. The maximum Gasteiger partial charge on any atom is 0.243 e. The van der Waals surface area contributed by atoms with E-state index < -0.39 is 10.0 Å². The van der Waals surface area contributed by atoms with Gasteiger partial charge in [-0.3, -0.25) is 9.69 Å². The highest BCUT2D eigenvalue weighted by Gasteiger charge is 2.33. The fourth-order valence-electron chi connectivity index (χ4n) is 4.71. The minimum atomic E-state index is -3.64. The fraction of sp³-hybridized carbons (Fsp3) is 0.462. The largest absolute Gasteiger partial charge is 0.348 e. The molecule has 0 saturated carbocycles. The summed E-state index contributed by atoms with van der Waals surface area (Å²) in [6.07, 6.45) is 0.967. The number of nitrogens with zero attached hydrogens (tertiary/aromatic N) is 4. The lowest BCUT2D eigenvalue weighted by atomic mass is 9.96. The van der Waals surface area contributed by atoms with Crippen molar-refractivity contribution in [2.24, 2.45) is 5.92 Å². The summed E-state index contributed by atoms with van der Waals surface area (Å²) in [5.74, 6) is -0.232. The van der Waals surface area contributed by atoms with Gasteiger partial charge in [0.25, 0.3) is 0 Å². The van der Waals surface area contributed by atoms with Crippen molar-refractivity contribution in [2.75, 3.05) is 52.9 Å². The van der Waals surface area contributed by atoms with Gasteiger partial charge in [0.1, 0.15) is 0 Å². The molecule has 2 aromatic rings. The van der Waals surface area contributed by atoms with Crippen LogP contribution in [0.5, 0.6) is 0 Å². The third-order valence-electron chi connectivity index (χ3n) is 7.00. The van der Waals surface area contributed by atoms with Crippen LogP contribution in [0, 0.1) is 17.2 Å². The number of sulfonamides is 1. The molecule has 4 rings (SSSR count). The Labute approximate surface area is 208 Å². The van der Waals surface area contributed by atoms with Crippen molar-refractivity contribution in [1.29, 1.82) is 5.26 Å². The second-order valence-electron chi connectivity index (χ2n) is 9.39. The van der Waals surface area contributed by atoms with Crippen LogP contribution in [0.4, 0.5) is 0 Å². The van der Waals surface area contributed by atoms with Gasteiger partial charge in [-0.1, -0.05) is 30.3 Å². The summed E-state index contributed by atoms with van der Waals surface area (Å²) in [7, 11) is -1.52. The molecule has 35 heavy (non-hydrogen) atoms. The number of hydrogen-bond acceptors (Lipinski definition) is 6. The molecular weight excluding hydrogens is 462 g/mol. The quantitative estimate of drug-likeness (QED) is 0.632. The second-order valence-corrected chi connectivity index (χ2v) is 11.3. The third kappa shape index (κ3) is 6.27. The van der Waals surface area contributed by atoms with Gasteiger partial charge < -0.3 is 10.2 Å². The molecule has 2 aromatic carbocycles. The van der Waals surface area contributed by atoms with E-state index in [1.807, 2.05) is 36.4 Å². The van der Waals surface area contributed by atoms with Gasteiger partial charge in [-0.05, 0) is 49.7 Å². The summed E-state index contributed by atoms with van der Waals surface area (Å²) < 4.78 is 27.4. The Morgan fingerprint density at radius 2 is 1.63 bits per heavy atom. The SMILES string of the molecule is CN1CCN(CC(NC(=O)C2CCN(S(=O)(=O)c3ccc(C#N)cc3)CC2)c2ccccc2)CC1. The first kappa shape index (κ1) is 25.3. The van der Waals surface area contributed by atoms with Crippen molar-refractivity contribution in [3.63, 3.8) is 0 Å². The van der Waals surface area contributed by atoms with Crippen molar-refractivity contribution < 1.29 is 13.2 Å². The molecule has 1 amide bonds. The van der Waals surface area contributed by atoms with Crippen LogP contribution in [-0.2, 0) is 14.8 Å². The summed E-state index contributed by atoms with van der Waals surface area (Å²) >= 11 is 0. The molecule has 0 radical (unpaired) electrons. The van der Waals surface area contributed by atoms with Crippen molar-refractivity contribution in [2.45, 2.75) is 23.8 Å². The lowest BCUT2D eigenvalue weighted by Gasteiger charge is -2.36. The molecule has 2 heterocycles. The summed E-state index contributed by atoms with van der Waals surface area (Å²) in [4.78, 5) is 18.1. The van der Waals surface area contributed by atoms with E-state index in [0.29, 0.717) is 31.5 Å². The van der Waals surface area contributed by atoms with E-state index in [-0.39, 0.29) is 22.8 Å². The average molecular weight is 496 g/mol. The number of nitrogens with one attached hydrogen (secondary N) is 1. The van der Waals surface area contributed by atoms with Crippen molar-refractivity contribution in [3.8, 4) is 6.07 Å². The molecule has 186 valence electrons. The van der Waals surface area contributed by atoms with E-state index in [1.54, 1.807) is 0 Å².